The second-order valence-electron chi connectivity index (χ2n) is 12.7. The number of hydrogen-bond donors (Lipinski definition) is 2. The first kappa shape index (κ1) is 33.8. The van der Waals surface area contributed by atoms with Crippen molar-refractivity contribution in [3.8, 4) is 17.2 Å². The molecule has 6 rings (SSSR count). The van der Waals surface area contributed by atoms with Crippen LogP contribution in [0.15, 0.2) is 28.9 Å². The Labute approximate surface area is 284 Å². The van der Waals surface area contributed by atoms with E-state index in [4.69, 9.17) is 14.2 Å². The molecule has 3 aliphatic heterocycles. The third-order valence-corrected chi connectivity index (χ3v) is 11.3. The van der Waals surface area contributed by atoms with Gasteiger partial charge in [-0.2, -0.15) is 4.98 Å². The molecular formula is C33H44BrFN7O4P. The van der Waals surface area contributed by atoms with Crippen LogP contribution in [-0.2, 0) is 11.0 Å². The summed E-state index contributed by atoms with van der Waals surface area (Å²) in [7, 11) is 0.841. The number of piperidine rings is 1. The van der Waals surface area contributed by atoms with Crippen LogP contribution in [-0.4, -0.2) is 106 Å². The van der Waals surface area contributed by atoms with Gasteiger partial charge in [-0.05, 0) is 67.2 Å². The van der Waals surface area contributed by atoms with Crippen molar-refractivity contribution < 1.29 is 23.2 Å². The summed E-state index contributed by atoms with van der Waals surface area (Å²) in [6.45, 7) is 12.5. The molecular weight excluding hydrogens is 688 g/mol. The lowest BCUT2D eigenvalue weighted by Crippen LogP contribution is -2.52. The summed E-state index contributed by atoms with van der Waals surface area (Å²) in [5.74, 6) is 1.17. The van der Waals surface area contributed by atoms with Crippen LogP contribution < -0.4 is 35.0 Å². The van der Waals surface area contributed by atoms with E-state index in [1.54, 1.807) is 26.6 Å². The molecule has 4 heterocycles. The molecule has 3 aliphatic rings. The van der Waals surface area contributed by atoms with E-state index < -0.39 is 13.0 Å². The highest BCUT2D eigenvalue weighted by molar-refractivity contribution is 9.10. The number of nitrogens with one attached hydrogen (secondary N) is 2. The number of likely N-dealkylation sites (N-methyl/N-ethyl adjacent to an activating group) is 1. The summed E-state index contributed by atoms with van der Waals surface area (Å²) in [5.41, 5.74) is 3.15. The molecule has 0 saturated carbocycles. The summed E-state index contributed by atoms with van der Waals surface area (Å²) in [5, 5.41) is 6.61. The zero-order valence-corrected chi connectivity index (χ0v) is 30.2. The molecule has 0 bridgehead atoms. The molecule has 3 aromatic rings. The molecule has 14 heteroatoms. The van der Waals surface area contributed by atoms with E-state index >= 15 is 4.39 Å². The molecule has 2 N–H and O–H groups in total. The van der Waals surface area contributed by atoms with Crippen molar-refractivity contribution in [2.24, 2.45) is 0 Å². The summed E-state index contributed by atoms with van der Waals surface area (Å²) in [6.07, 6.45) is 4.72. The average molecular weight is 733 g/mol. The molecule has 0 atom stereocenters. The average Bonchev–Trinajstić information content (AvgIpc) is 3.06. The van der Waals surface area contributed by atoms with Gasteiger partial charge in [-0.25, -0.2) is 9.37 Å². The van der Waals surface area contributed by atoms with Gasteiger partial charge in [0.1, 0.15) is 31.9 Å². The minimum Gasteiger partial charge on any atom is -0.494 e. The van der Waals surface area contributed by atoms with Crippen LogP contribution >= 0.6 is 23.1 Å². The van der Waals surface area contributed by atoms with Gasteiger partial charge in [0.25, 0.3) is 0 Å². The highest BCUT2D eigenvalue weighted by Crippen LogP contribution is 2.48. The summed E-state index contributed by atoms with van der Waals surface area (Å²) < 4.78 is 46.7. The van der Waals surface area contributed by atoms with Gasteiger partial charge < -0.3 is 39.2 Å². The van der Waals surface area contributed by atoms with Gasteiger partial charge >= 0.3 is 0 Å². The Hall–Kier alpha value is -3.12. The predicted molar refractivity (Wildman–Crippen MR) is 189 cm³/mol. The van der Waals surface area contributed by atoms with Crippen LogP contribution in [0, 0.1) is 5.82 Å². The first-order valence-corrected chi connectivity index (χ1v) is 19.6. The standard InChI is InChI=1S/C33H44BrFN7O4P/c1-6-21-17-25(27(44-3)19-26(21)42-9-7-22(8-10-42)41-13-11-40(2)12-14-41)37-33-36-20-23(34)32(39-33)38-29-24(35)18-28-30(46-16-15-45-28)31(29)47(4,5)43/h17-20,22H,6-16H2,1-5H3,(H2,36,37,38,39). The number of fused-ring (bicyclic) bond motifs is 1. The first-order chi connectivity index (χ1) is 22.5. The predicted octanol–water partition coefficient (Wildman–Crippen LogP) is 5.67. The number of nitrogens with zero attached hydrogens (tertiary/aromatic N) is 5. The molecule has 0 amide bonds. The number of piperazine rings is 1. The number of anilines is 5. The van der Waals surface area contributed by atoms with Gasteiger partial charge in [0.2, 0.25) is 5.95 Å². The minimum atomic E-state index is -3.02. The van der Waals surface area contributed by atoms with Gasteiger partial charge in [0.15, 0.2) is 17.3 Å². The van der Waals surface area contributed by atoms with Crippen molar-refractivity contribution in [2.45, 2.75) is 32.2 Å². The molecule has 47 heavy (non-hydrogen) atoms. The first-order valence-electron chi connectivity index (χ1n) is 16.2. The SMILES string of the molecule is CCc1cc(Nc2ncc(Br)c(Nc3c(F)cc4c(c3P(C)(C)=O)OCCO4)n2)c(OC)cc1N1CCC(N2CCN(C)CC2)CC1. The maximum absolute atomic E-state index is 15.5. The third kappa shape index (κ3) is 7.33. The van der Waals surface area contributed by atoms with E-state index in [0.717, 1.165) is 64.2 Å². The monoisotopic (exact) mass is 731 g/mol. The van der Waals surface area contributed by atoms with Crippen molar-refractivity contribution in [1.82, 2.24) is 19.8 Å². The highest BCUT2D eigenvalue weighted by Gasteiger charge is 2.32. The normalized spacial score (nSPS) is 17.9. The lowest BCUT2D eigenvalue weighted by molar-refractivity contribution is 0.0982. The topological polar surface area (TPSA) is 104 Å². The minimum absolute atomic E-state index is 0.0273. The fourth-order valence-corrected chi connectivity index (χ4v) is 8.30. The Morgan fingerprint density at radius 2 is 1.79 bits per heavy atom. The van der Waals surface area contributed by atoms with Crippen molar-refractivity contribution in [1.29, 1.82) is 0 Å². The number of halogens is 2. The molecule has 1 aromatic heterocycles. The smallest absolute Gasteiger partial charge is 0.229 e. The zero-order valence-electron chi connectivity index (χ0n) is 27.7. The van der Waals surface area contributed by atoms with Crippen LogP contribution in [0.3, 0.4) is 0 Å². The van der Waals surface area contributed by atoms with E-state index in [0.29, 0.717) is 28.7 Å². The quantitative estimate of drug-likeness (QED) is 0.266. The summed E-state index contributed by atoms with van der Waals surface area (Å²) in [4.78, 5) is 16.7. The zero-order chi connectivity index (χ0) is 33.3. The fraction of sp³-hybridized carbons (Fsp3) is 0.515. The van der Waals surface area contributed by atoms with Crippen molar-refractivity contribution in [3.63, 3.8) is 0 Å². The van der Waals surface area contributed by atoms with E-state index in [9.17, 15) is 4.57 Å². The van der Waals surface area contributed by atoms with Gasteiger partial charge in [0.05, 0.1) is 28.3 Å². The van der Waals surface area contributed by atoms with Crippen LogP contribution in [0.2, 0.25) is 0 Å². The largest absolute Gasteiger partial charge is 0.494 e. The molecule has 0 aliphatic carbocycles. The number of ether oxygens (including phenoxy) is 3. The lowest BCUT2D eigenvalue weighted by atomic mass is 9.99. The van der Waals surface area contributed by atoms with Crippen molar-refractivity contribution in [3.05, 3.63) is 40.2 Å². The number of rotatable bonds is 9. The van der Waals surface area contributed by atoms with Crippen LogP contribution in [0.1, 0.15) is 25.3 Å². The number of benzene rings is 2. The molecule has 254 valence electrons. The van der Waals surface area contributed by atoms with Crippen LogP contribution in [0.5, 0.6) is 17.2 Å². The van der Waals surface area contributed by atoms with Gasteiger partial charge in [-0.1, -0.05) is 6.92 Å². The number of aromatic nitrogens is 2. The van der Waals surface area contributed by atoms with Crippen molar-refractivity contribution in [2.75, 3.05) is 95.5 Å². The second-order valence-corrected chi connectivity index (χ2v) is 16.7. The van der Waals surface area contributed by atoms with Crippen LogP contribution in [0.4, 0.5) is 33.2 Å². The van der Waals surface area contributed by atoms with E-state index in [1.165, 1.54) is 17.3 Å². The Balaban J connectivity index is 1.23. The summed E-state index contributed by atoms with van der Waals surface area (Å²) in [6, 6.07) is 6.09. The molecule has 2 aromatic carbocycles. The van der Waals surface area contributed by atoms with E-state index in [-0.39, 0.29) is 35.0 Å². The van der Waals surface area contributed by atoms with E-state index in [2.05, 4.69) is 77.3 Å². The fourth-order valence-electron chi connectivity index (χ4n) is 6.64. The van der Waals surface area contributed by atoms with E-state index in [1.807, 2.05) is 0 Å². The Kier molecular flexibility index (Phi) is 10.2. The Morgan fingerprint density at radius 3 is 2.47 bits per heavy atom. The lowest BCUT2D eigenvalue weighted by Gasteiger charge is -2.43. The highest BCUT2D eigenvalue weighted by atomic mass is 79.9. The molecule has 0 radical (unpaired) electrons. The van der Waals surface area contributed by atoms with Gasteiger partial charge in [-0.15, -0.1) is 0 Å². The molecule has 2 fully saturated rings. The third-order valence-electron chi connectivity index (χ3n) is 9.17. The number of methoxy groups -OCH3 is 1. The number of hydrogen-bond acceptors (Lipinski definition) is 11. The number of aryl methyl sites for hydroxylation is 1. The van der Waals surface area contributed by atoms with Crippen molar-refractivity contribution >= 4 is 57.2 Å². The molecule has 11 nitrogen and oxygen atoms in total. The molecule has 2 saturated heterocycles. The van der Waals surface area contributed by atoms with Crippen LogP contribution in [0.25, 0.3) is 0 Å². The Morgan fingerprint density at radius 1 is 1.06 bits per heavy atom. The van der Waals surface area contributed by atoms with Gasteiger partial charge in [-0.3, -0.25) is 4.90 Å². The molecule has 0 unspecified atom stereocenters. The second kappa shape index (κ2) is 14.2. The van der Waals surface area contributed by atoms with Gasteiger partial charge in [0, 0.05) is 69.3 Å². The maximum atomic E-state index is 15.5. The molecule has 0 spiro atoms. The summed E-state index contributed by atoms with van der Waals surface area (Å²) >= 11 is 3.49. The maximum Gasteiger partial charge on any atom is 0.229 e. The Bertz CT molecular complexity index is 1660.